The smallest absolute Gasteiger partial charge is 0.221 e. The van der Waals surface area contributed by atoms with Gasteiger partial charge in [0.1, 0.15) is 5.75 Å². The number of nitrogens with two attached hydrogens (primary N) is 1. The van der Waals surface area contributed by atoms with Crippen LogP contribution in [0.1, 0.15) is 23.2 Å². The molecular weight excluding hydrogens is 240 g/mol. The second kappa shape index (κ2) is 4.76. The Morgan fingerprint density at radius 3 is 3.16 bits per heavy atom. The fourth-order valence-electron chi connectivity index (χ4n) is 2.19. The number of hydrogen-bond donors (Lipinski definition) is 1. The van der Waals surface area contributed by atoms with E-state index in [2.05, 4.69) is 16.2 Å². The largest absolute Gasteiger partial charge is 0.493 e. The minimum Gasteiger partial charge on any atom is -0.493 e. The van der Waals surface area contributed by atoms with Crippen molar-refractivity contribution >= 4 is 12.2 Å². The number of aromatic nitrogens is 2. The molecule has 0 bridgehead atoms. The van der Waals surface area contributed by atoms with Gasteiger partial charge in [0.2, 0.25) is 5.95 Å². The van der Waals surface area contributed by atoms with Gasteiger partial charge in [0.05, 0.1) is 24.7 Å². The summed E-state index contributed by atoms with van der Waals surface area (Å²) in [7, 11) is 0. The fraction of sp³-hybridized carbons (Fsp3) is 0.286. The van der Waals surface area contributed by atoms with Crippen molar-refractivity contribution in [1.82, 2.24) is 9.66 Å². The van der Waals surface area contributed by atoms with Crippen LogP contribution < -0.4 is 10.5 Å². The number of anilines is 1. The number of fused-ring (bicyclic) bond motifs is 1. The molecule has 19 heavy (non-hydrogen) atoms. The third-order valence-corrected chi connectivity index (χ3v) is 3.10. The minimum atomic E-state index is 0.398. The Bertz CT molecular complexity index is 630. The molecule has 5 nitrogen and oxygen atoms in total. The van der Waals surface area contributed by atoms with Gasteiger partial charge in [0.15, 0.2) is 0 Å². The van der Waals surface area contributed by atoms with Crippen molar-refractivity contribution in [3.63, 3.8) is 0 Å². The first kappa shape index (κ1) is 11.8. The van der Waals surface area contributed by atoms with Crippen LogP contribution in [0.5, 0.6) is 5.75 Å². The molecule has 1 aromatic heterocycles. The van der Waals surface area contributed by atoms with E-state index in [9.17, 15) is 0 Å². The van der Waals surface area contributed by atoms with Gasteiger partial charge in [-0.25, -0.2) is 9.66 Å². The van der Waals surface area contributed by atoms with Gasteiger partial charge in [0, 0.05) is 0 Å². The van der Waals surface area contributed by atoms with E-state index in [1.54, 1.807) is 17.1 Å². The zero-order valence-corrected chi connectivity index (χ0v) is 10.8. The number of benzene rings is 1. The van der Waals surface area contributed by atoms with E-state index in [0.717, 1.165) is 36.5 Å². The van der Waals surface area contributed by atoms with Crippen molar-refractivity contribution in [3.8, 4) is 5.75 Å². The van der Waals surface area contributed by atoms with Crippen LogP contribution in [0.4, 0.5) is 5.95 Å². The Labute approximate surface area is 111 Å². The van der Waals surface area contributed by atoms with Crippen molar-refractivity contribution in [2.24, 2.45) is 5.10 Å². The highest BCUT2D eigenvalue weighted by atomic mass is 16.5. The Kier molecular flexibility index (Phi) is 2.95. The lowest BCUT2D eigenvalue weighted by Crippen LogP contribution is -2.08. The average Bonchev–Trinajstić information content (AvgIpc) is 2.74. The van der Waals surface area contributed by atoms with Crippen molar-refractivity contribution in [2.75, 3.05) is 12.3 Å². The highest BCUT2D eigenvalue weighted by molar-refractivity contribution is 5.80. The maximum atomic E-state index is 5.73. The summed E-state index contributed by atoms with van der Waals surface area (Å²) in [5, 5.41) is 4.31. The minimum absolute atomic E-state index is 0.398. The van der Waals surface area contributed by atoms with Crippen LogP contribution in [0.15, 0.2) is 29.5 Å². The molecule has 0 aliphatic carbocycles. The standard InChI is InChI=1S/C14H16N4O/c1-10-9-18(14(15)17-10)16-8-11-4-5-13-12(7-11)3-2-6-19-13/h4-5,7-9H,2-3,6H2,1H3,(H2,15,17). The first-order chi connectivity index (χ1) is 9.22. The summed E-state index contributed by atoms with van der Waals surface area (Å²) in [4.78, 5) is 4.10. The fourth-order valence-corrected chi connectivity index (χ4v) is 2.19. The van der Waals surface area contributed by atoms with E-state index in [0.29, 0.717) is 5.95 Å². The SMILES string of the molecule is Cc1cn(N=Cc2ccc3c(c2)CCCO3)c(N)n1. The number of hydrogen-bond acceptors (Lipinski definition) is 4. The molecule has 0 radical (unpaired) electrons. The first-order valence-corrected chi connectivity index (χ1v) is 6.34. The molecule has 5 heteroatoms. The van der Waals surface area contributed by atoms with Crippen LogP contribution in [0.2, 0.25) is 0 Å². The zero-order chi connectivity index (χ0) is 13.2. The normalized spacial score (nSPS) is 14.4. The van der Waals surface area contributed by atoms with Crippen LogP contribution in [-0.4, -0.2) is 22.5 Å². The molecule has 2 aromatic rings. The predicted octanol–water partition coefficient (Wildman–Crippen LogP) is 1.98. The van der Waals surface area contributed by atoms with E-state index in [-0.39, 0.29) is 0 Å². The van der Waals surface area contributed by atoms with Gasteiger partial charge in [-0.05, 0) is 49.1 Å². The Balaban J connectivity index is 1.85. The van der Waals surface area contributed by atoms with Crippen molar-refractivity contribution in [3.05, 3.63) is 41.2 Å². The molecule has 0 saturated carbocycles. The molecule has 3 rings (SSSR count). The van der Waals surface area contributed by atoms with Crippen molar-refractivity contribution in [1.29, 1.82) is 0 Å². The van der Waals surface area contributed by atoms with Crippen LogP contribution in [0, 0.1) is 6.92 Å². The molecule has 1 aliphatic rings. The maximum Gasteiger partial charge on any atom is 0.221 e. The molecule has 1 aliphatic heterocycles. The number of ether oxygens (including phenoxy) is 1. The van der Waals surface area contributed by atoms with Crippen LogP contribution in [0.3, 0.4) is 0 Å². The van der Waals surface area contributed by atoms with E-state index < -0.39 is 0 Å². The topological polar surface area (TPSA) is 65.4 Å². The summed E-state index contributed by atoms with van der Waals surface area (Å²) in [5.74, 6) is 1.39. The molecule has 0 fully saturated rings. The molecule has 2 N–H and O–H groups in total. The van der Waals surface area contributed by atoms with E-state index in [4.69, 9.17) is 10.5 Å². The molecule has 0 amide bonds. The number of nitrogens with zero attached hydrogens (tertiary/aromatic N) is 3. The number of imidazole rings is 1. The van der Waals surface area contributed by atoms with Crippen LogP contribution in [-0.2, 0) is 6.42 Å². The Morgan fingerprint density at radius 1 is 1.47 bits per heavy atom. The third kappa shape index (κ3) is 2.45. The van der Waals surface area contributed by atoms with E-state index in [1.807, 2.05) is 19.1 Å². The van der Waals surface area contributed by atoms with Gasteiger partial charge in [-0.15, -0.1) is 0 Å². The lowest BCUT2D eigenvalue weighted by molar-refractivity contribution is 0.288. The first-order valence-electron chi connectivity index (χ1n) is 6.34. The lowest BCUT2D eigenvalue weighted by Gasteiger charge is -2.17. The summed E-state index contributed by atoms with van der Waals surface area (Å²) < 4.78 is 7.16. The summed E-state index contributed by atoms with van der Waals surface area (Å²) in [6.45, 7) is 2.70. The lowest BCUT2D eigenvalue weighted by atomic mass is 10.0. The van der Waals surface area contributed by atoms with Gasteiger partial charge >= 0.3 is 0 Å². The van der Waals surface area contributed by atoms with Gasteiger partial charge < -0.3 is 10.5 Å². The molecule has 1 aromatic carbocycles. The van der Waals surface area contributed by atoms with Gasteiger partial charge in [-0.2, -0.15) is 5.10 Å². The van der Waals surface area contributed by atoms with Crippen molar-refractivity contribution < 1.29 is 4.74 Å². The Hall–Kier alpha value is -2.30. The van der Waals surface area contributed by atoms with E-state index >= 15 is 0 Å². The summed E-state index contributed by atoms with van der Waals surface area (Å²) in [6.07, 6.45) is 5.71. The van der Waals surface area contributed by atoms with Crippen molar-refractivity contribution in [2.45, 2.75) is 19.8 Å². The third-order valence-electron chi connectivity index (χ3n) is 3.10. The van der Waals surface area contributed by atoms with Crippen LogP contribution in [0.25, 0.3) is 0 Å². The Morgan fingerprint density at radius 2 is 2.37 bits per heavy atom. The zero-order valence-electron chi connectivity index (χ0n) is 10.8. The second-order valence-corrected chi connectivity index (χ2v) is 4.65. The number of nitrogen functional groups attached to an aromatic ring is 1. The highest BCUT2D eigenvalue weighted by Gasteiger charge is 2.09. The number of rotatable bonds is 2. The summed E-state index contributed by atoms with van der Waals surface area (Å²) >= 11 is 0. The molecule has 0 saturated heterocycles. The monoisotopic (exact) mass is 256 g/mol. The average molecular weight is 256 g/mol. The van der Waals surface area contributed by atoms with Crippen LogP contribution >= 0.6 is 0 Å². The highest BCUT2D eigenvalue weighted by Crippen LogP contribution is 2.25. The number of aryl methyl sites for hydroxylation is 2. The molecule has 0 atom stereocenters. The van der Waals surface area contributed by atoms with Gasteiger partial charge in [-0.1, -0.05) is 0 Å². The van der Waals surface area contributed by atoms with E-state index in [1.165, 1.54) is 5.56 Å². The summed E-state index contributed by atoms with van der Waals surface area (Å²) in [5.41, 5.74) is 8.87. The quantitative estimate of drug-likeness (QED) is 0.835. The second-order valence-electron chi connectivity index (χ2n) is 4.65. The van der Waals surface area contributed by atoms with Gasteiger partial charge in [0.25, 0.3) is 0 Å². The molecule has 98 valence electrons. The molecule has 0 unspecified atom stereocenters. The maximum absolute atomic E-state index is 5.73. The summed E-state index contributed by atoms with van der Waals surface area (Å²) in [6, 6.07) is 6.10. The molecule has 0 spiro atoms. The van der Waals surface area contributed by atoms with Gasteiger partial charge in [-0.3, -0.25) is 0 Å². The molecular formula is C14H16N4O. The molecule has 2 heterocycles. The predicted molar refractivity (Wildman–Crippen MR) is 74.6 cm³/mol.